The predicted molar refractivity (Wildman–Crippen MR) is 359 cm³/mol. The summed E-state index contributed by atoms with van der Waals surface area (Å²) in [5, 5.41) is 9.58. The van der Waals surface area contributed by atoms with Gasteiger partial charge in [0, 0.05) is 54.5 Å². The predicted octanol–water partition coefficient (Wildman–Crippen LogP) is 23.0. The molecule has 4 heterocycles. The molecule has 0 N–H and O–H groups in total. The van der Waals surface area contributed by atoms with Gasteiger partial charge in [-0.3, -0.25) is 0 Å². The monoisotopic (exact) mass is 1160 g/mol. The van der Waals surface area contributed by atoms with Crippen molar-refractivity contribution in [2.75, 3.05) is 9.80 Å². The van der Waals surface area contributed by atoms with Crippen molar-refractivity contribution in [1.29, 1.82) is 0 Å². The maximum Gasteiger partial charge on any atom is 0.420 e. The average molecular weight is 1160 g/mol. The third kappa shape index (κ3) is 7.02. The Morgan fingerprint density at radius 2 is 0.820 bits per heavy atom. The Kier molecular flexibility index (Phi) is 10.9. The minimum atomic E-state index is -4.64. The number of aryl methyl sites for hydroxylation is 3. The number of hydrogen-bond donors (Lipinski definition) is 0. The van der Waals surface area contributed by atoms with E-state index < -0.39 is 17.2 Å². The van der Waals surface area contributed by atoms with Gasteiger partial charge in [-0.25, -0.2) is 0 Å². The van der Waals surface area contributed by atoms with Crippen LogP contribution < -0.4 is 9.80 Å². The zero-order chi connectivity index (χ0) is 59.6. The number of nitrogens with zero attached hydrogens (tertiary/aromatic N) is 3. The lowest BCUT2D eigenvalue weighted by Crippen LogP contribution is -2.34. The molecule has 0 radical (unpaired) electrons. The van der Waals surface area contributed by atoms with Gasteiger partial charge in [0.2, 0.25) is 0 Å². The number of fused-ring (bicyclic) bond motifs is 22. The van der Waals surface area contributed by atoms with E-state index in [1.807, 2.05) is 18.2 Å². The lowest BCUT2D eigenvalue weighted by atomic mass is 9.65. The van der Waals surface area contributed by atoms with Crippen LogP contribution in [0.3, 0.4) is 0 Å². The number of rotatable bonds is 8. The minimum absolute atomic E-state index is 0.191. The topological polar surface area (TPSA) is 37.7 Å². The molecule has 18 rings (SSSR count). The molecule has 5 nitrogen and oxygen atoms in total. The van der Waals surface area contributed by atoms with E-state index in [9.17, 15) is 0 Å². The first-order valence-corrected chi connectivity index (χ1v) is 30.6. The number of para-hydroxylation sites is 7. The number of hydrogen-bond acceptors (Lipinski definition) is 4. The van der Waals surface area contributed by atoms with Crippen molar-refractivity contribution in [2.24, 2.45) is 0 Å². The molecule has 16 aromatic rings. The van der Waals surface area contributed by atoms with E-state index in [4.69, 9.17) is 8.83 Å². The van der Waals surface area contributed by atoms with Gasteiger partial charge in [-0.15, -0.1) is 0 Å². The van der Waals surface area contributed by atoms with Crippen LogP contribution in [0.2, 0.25) is 0 Å². The van der Waals surface area contributed by atoms with Gasteiger partial charge in [0.1, 0.15) is 11.2 Å². The summed E-state index contributed by atoms with van der Waals surface area (Å²) in [5.74, 6) is 0. The Balaban J connectivity index is 1.02. The second kappa shape index (κ2) is 18.8. The van der Waals surface area contributed by atoms with Gasteiger partial charge in [0.15, 0.2) is 11.2 Å². The highest BCUT2D eigenvalue weighted by atomic mass is 19.4. The number of alkyl halides is 3. The normalized spacial score (nSPS) is 14.3. The molecule has 0 fully saturated rings. The Labute approximate surface area is 510 Å². The van der Waals surface area contributed by atoms with Crippen molar-refractivity contribution in [3.8, 4) is 16.8 Å². The summed E-state index contributed by atoms with van der Waals surface area (Å²) < 4.78 is 61.4. The van der Waals surface area contributed by atoms with E-state index in [2.05, 4.69) is 247 Å². The van der Waals surface area contributed by atoms with Crippen LogP contribution in [0.5, 0.6) is 0 Å². The molecule has 2 aliphatic rings. The number of halogens is 3. The molecule has 426 valence electrons. The van der Waals surface area contributed by atoms with Crippen molar-refractivity contribution in [1.82, 2.24) is 4.57 Å². The highest BCUT2D eigenvalue weighted by Crippen LogP contribution is 2.66. The van der Waals surface area contributed by atoms with Crippen LogP contribution in [0.25, 0.3) is 104 Å². The molecule has 8 heteroatoms. The van der Waals surface area contributed by atoms with Crippen LogP contribution in [0.1, 0.15) is 58.4 Å². The molecule has 0 saturated heterocycles. The Hall–Kier alpha value is -10.8. The summed E-state index contributed by atoms with van der Waals surface area (Å²) >= 11 is 0. The summed E-state index contributed by atoms with van der Waals surface area (Å²) in [6, 6.07) is 87.6. The summed E-state index contributed by atoms with van der Waals surface area (Å²) in [6.07, 6.45) is -2.92. The molecule has 1 aliphatic heterocycles. The van der Waals surface area contributed by atoms with E-state index in [0.29, 0.717) is 22.0 Å². The van der Waals surface area contributed by atoms with Gasteiger partial charge in [0.05, 0.1) is 50.4 Å². The maximum atomic E-state index is 15.0. The molecule has 13 aromatic carbocycles. The SMILES string of the molecule is CCc1ccc(N(c2cc3c(c4ccccc24)-c2c(cc(N(c4ccc(CC)cc4)c4cccc5c4oc4c(C(F)(F)F)cccc45)c4ccccc24)C32c3ccccc3-n3c4ccccc4c4cccc2c43)c2cccc3c2oc2c(C)cccc23)cc1. The van der Waals surface area contributed by atoms with Gasteiger partial charge < -0.3 is 23.2 Å². The first-order valence-electron chi connectivity index (χ1n) is 30.6. The molecular formula is C81H54F3N3O2. The molecule has 1 atom stereocenters. The van der Waals surface area contributed by atoms with Crippen molar-refractivity contribution >= 4 is 121 Å². The fraction of sp³-hybridized carbons (Fsp3) is 0.0864. The van der Waals surface area contributed by atoms with E-state index in [-0.39, 0.29) is 5.58 Å². The second-order valence-electron chi connectivity index (χ2n) is 23.9. The van der Waals surface area contributed by atoms with Crippen LogP contribution >= 0.6 is 0 Å². The van der Waals surface area contributed by atoms with Gasteiger partial charge in [-0.05, 0) is 147 Å². The summed E-state index contributed by atoms with van der Waals surface area (Å²) in [7, 11) is 0. The third-order valence-electron chi connectivity index (χ3n) is 19.4. The molecule has 0 saturated carbocycles. The van der Waals surface area contributed by atoms with Crippen molar-refractivity contribution < 1.29 is 22.0 Å². The summed E-state index contributed by atoms with van der Waals surface area (Å²) in [5.41, 5.74) is 18.7. The van der Waals surface area contributed by atoms with Crippen LogP contribution in [-0.4, -0.2) is 4.57 Å². The third-order valence-corrected chi connectivity index (χ3v) is 19.4. The van der Waals surface area contributed by atoms with E-state index in [0.717, 1.165) is 157 Å². The van der Waals surface area contributed by atoms with Crippen molar-refractivity contribution in [3.05, 3.63) is 293 Å². The van der Waals surface area contributed by atoms with Gasteiger partial charge in [-0.1, -0.05) is 196 Å². The van der Waals surface area contributed by atoms with Crippen molar-refractivity contribution in [3.63, 3.8) is 0 Å². The molecule has 3 aromatic heterocycles. The van der Waals surface area contributed by atoms with Crippen LogP contribution in [0, 0.1) is 6.92 Å². The standard InChI is InChI=1S/C81H54F3N3O2/c1-4-48-37-41-50(42-38-48)85(69-35-17-28-60-58-26-14-19-47(3)76(58)88-78(60)69)71-45-65-73(55-23-8-6-20-52(55)71)74-56-24-9-7-21-53(56)72(46-66(74)80(65)62-30-11-13-34-68(62)87-67-33-12-10-22-54(67)57-25-15-31-63(80)75(57)87)86(51-43-39-49(5-2)40-44-51)70-36-18-29-61-59-27-16-32-64(81(82,83)84)77(59)89-79(61)70/h6-46H,4-5H2,1-3H3. The van der Waals surface area contributed by atoms with E-state index in [1.54, 1.807) is 6.07 Å². The number of furan rings is 2. The zero-order valence-corrected chi connectivity index (χ0v) is 48.9. The van der Waals surface area contributed by atoms with Gasteiger partial charge in [0.25, 0.3) is 0 Å². The van der Waals surface area contributed by atoms with Gasteiger partial charge in [-0.2, -0.15) is 13.2 Å². The lowest BCUT2D eigenvalue weighted by Gasteiger charge is -2.40. The number of aromatic nitrogens is 1. The van der Waals surface area contributed by atoms with Crippen molar-refractivity contribution in [2.45, 2.75) is 45.2 Å². The second-order valence-corrected chi connectivity index (χ2v) is 23.9. The smallest absolute Gasteiger partial charge is 0.420 e. The summed E-state index contributed by atoms with van der Waals surface area (Å²) in [4.78, 5) is 4.65. The maximum absolute atomic E-state index is 15.0. The van der Waals surface area contributed by atoms with Gasteiger partial charge >= 0.3 is 6.18 Å². The quantitative estimate of drug-likeness (QED) is 0.152. The summed E-state index contributed by atoms with van der Waals surface area (Å²) in [6.45, 7) is 6.45. The molecular weight excluding hydrogens is 1100 g/mol. The fourth-order valence-corrected chi connectivity index (χ4v) is 15.5. The molecule has 1 spiro atoms. The molecule has 0 bridgehead atoms. The first-order chi connectivity index (χ1) is 43.6. The highest BCUT2D eigenvalue weighted by Gasteiger charge is 2.53. The van der Waals surface area contributed by atoms with Crippen LogP contribution in [0.4, 0.5) is 47.3 Å². The molecule has 89 heavy (non-hydrogen) atoms. The fourth-order valence-electron chi connectivity index (χ4n) is 15.5. The zero-order valence-electron chi connectivity index (χ0n) is 48.9. The Bertz CT molecular complexity index is 5670. The first kappa shape index (κ1) is 51.4. The van der Waals surface area contributed by atoms with E-state index in [1.165, 1.54) is 17.0 Å². The minimum Gasteiger partial charge on any atom is -0.454 e. The number of benzene rings is 13. The average Bonchev–Trinajstić information content (AvgIpc) is 1.52. The highest BCUT2D eigenvalue weighted by molar-refractivity contribution is 6.22. The molecule has 1 unspecified atom stereocenters. The Morgan fingerprint density at radius 3 is 1.39 bits per heavy atom. The number of anilines is 6. The van der Waals surface area contributed by atoms with E-state index >= 15 is 13.2 Å². The van der Waals surface area contributed by atoms with Crippen LogP contribution in [0.15, 0.2) is 258 Å². The lowest BCUT2D eigenvalue weighted by molar-refractivity contribution is -0.136. The Morgan fingerprint density at radius 1 is 0.382 bits per heavy atom. The largest absolute Gasteiger partial charge is 0.454 e. The molecule has 0 amide bonds. The van der Waals surface area contributed by atoms with Crippen LogP contribution in [-0.2, 0) is 24.4 Å². The molecule has 1 aliphatic carbocycles.